The van der Waals surface area contributed by atoms with Gasteiger partial charge >= 0.3 is 0 Å². The number of rotatable bonds is 8. The molecule has 0 aliphatic rings. The number of nitrogens with one attached hydrogen (secondary N) is 1. The summed E-state index contributed by atoms with van der Waals surface area (Å²) in [6, 6.07) is 14.5. The number of carbonyl (C=O) groups is 1. The van der Waals surface area contributed by atoms with Crippen LogP contribution in [0.4, 0.5) is 0 Å². The summed E-state index contributed by atoms with van der Waals surface area (Å²) in [7, 11) is 0. The number of ether oxygens (including phenoxy) is 1. The highest BCUT2D eigenvalue weighted by atomic mass is 35.5. The first kappa shape index (κ1) is 27.1. The van der Waals surface area contributed by atoms with Crippen molar-refractivity contribution < 1.29 is 13.9 Å². The molecule has 0 aliphatic heterocycles. The average Bonchev–Trinajstić information content (AvgIpc) is 3.22. The van der Waals surface area contributed by atoms with Gasteiger partial charge < -0.3 is 9.15 Å². The largest absolute Gasteiger partial charge is 0.484 e. The fourth-order valence-corrected chi connectivity index (χ4v) is 4.70. The Labute approximate surface area is 221 Å². The van der Waals surface area contributed by atoms with Gasteiger partial charge in [0.15, 0.2) is 6.61 Å². The van der Waals surface area contributed by atoms with Crippen LogP contribution in [0.2, 0.25) is 15.1 Å². The predicted molar refractivity (Wildman–Crippen MR) is 144 cm³/mol. The molecule has 0 saturated carbocycles. The molecule has 5 nitrogen and oxygen atoms in total. The zero-order valence-corrected chi connectivity index (χ0v) is 22.7. The second-order valence-electron chi connectivity index (χ2n) is 10.2. The second kappa shape index (κ2) is 11.1. The number of benzene rings is 2. The molecule has 0 radical (unpaired) electrons. The quantitative estimate of drug-likeness (QED) is 0.180. The van der Waals surface area contributed by atoms with Crippen LogP contribution in [-0.4, -0.2) is 18.7 Å². The van der Waals surface area contributed by atoms with Gasteiger partial charge in [0.05, 0.1) is 21.3 Å². The molecule has 1 N–H and O–H groups in total. The molecule has 0 atom stereocenters. The van der Waals surface area contributed by atoms with E-state index < -0.39 is 5.91 Å². The molecule has 0 bridgehead atoms. The minimum atomic E-state index is -0.391. The Morgan fingerprint density at radius 3 is 2.29 bits per heavy atom. The standard InChI is InChI=1S/C27H29Cl3N2O3/c1-26(2,3)16-27(4,5)17-6-8-18(9-7-17)34-15-25(33)32-31-14-19-10-11-24(35-19)20-12-22(29)23(30)13-21(20)28/h6-14H,15-16H2,1-5H3,(H,32,33). The highest BCUT2D eigenvalue weighted by molar-refractivity contribution is 6.44. The fraction of sp³-hybridized carbons (Fsp3) is 0.333. The molecule has 186 valence electrons. The van der Waals surface area contributed by atoms with Crippen LogP contribution in [0.15, 0.2) is 58.0 Å². The molecule has 3 rings (SSSR count). The number of hydrogen-bond acceptors (Lipinski definition) is 4. The van der Waals surface area contributed by atoms with Crippen molar-refractivity contribution in [2.45, 2.75) is 46.5 Å². The van der Waals surface area contributed by atoms with Crippen LogP contribution in [0, 0.1) is 5.41 Å². The number of halogens is 3. The lowest BCUT2D eigenvalue weighted by Crippen LogP contribution is -2.25. The molecule has 35 heavy (non-hydrogen) atoms. The molecule has 1 heterocycles. The van der Waals surface area contributed by atoms with Crippen molar-refractivity contribution in [3.8, 4) is 17.1 Å². The summed E-state index contributed by atoms with van der Waals surface area (Å²) in [5.41, 5.74) is 4.52. The smallest absolute Gasteiger partial charge is 0.277 e. The lowest BCUT2D eigenvalue weighted by atomic mass is 9.72. The molecule has 8 heteroatoms. The lowest BCUT2D eigenvalue weighted by molar-refractivity contribution is -0.123. The Bertz CT molecular complexity index is 1210. The maximum Gasteiger partial charge on any atom is 0.277 e. The van der Waals surface area contributed by atoms with Gasteiger partial charge in [0.2, 0.25) is 0 Å². The van der Waals surface area contributed by atoms with Crippen molar-refractivity contribution >= 4 is 46.9 Å². The van der Waals surface area contributed by atoms with Crippen LogP contribution < -0.4 is 10.2 Å². The number of amides is 1. The summed E-state index contributed by atoms with van der Waals surface area (Å²) in [6.07, 6.45) is 2.44. The highest BCUT2D eigenvalue weighted by Gasteiger charge is 2.27. The van der Waals surface area contributed by atoms with Crippen molar-refractivity contribution in [1.82, 2.24) is 5.43 Å². The number of furan rings is 1. The van der Waals surface area contributed by atoms with E-state index in [4.69, 9.17) is 44.0 Å². The number of nitrogens with zero attached hydrogens (tertiary/aromatic N) is 1. The van der Waals surface area contributed by atoms with Crippen LogP contribution in [0.3, 0.4) is 0 Å². The third kappa shape index (κ3) is 7.76. The van der Waals surface area contributed by atoms with Gasteiger partial charge in [-0.25, -0.2) is 5.43 Å². The van der Waals surface area contributed by atoms with Crippen LogP contribution >= 0.6 is 34.8 Å². The van der Waals surface area contributed by atoms with Gasteiger partial charge in [0.25, 0.3) is 5.91 Å². The molecular formula is C27H29Cl3N2O3. The van der Waals surface area contributed by atoms with Crippen LogP contribution in [0.5, 0.6) is 5.75 Å². The molecule has 0 fully saturated rings. The minimum Gasteiger partial charge on any atom is -0.484 e. The first-order valence-corrected chi connectivity index (χ1v) is 12.3. The van der Waals surface area contributed by atoms with Crippen molar-refractivity contribution in [3.05, 3.63) is 74.9 Å². The van der Waals surface area contributed by atoms with Crippen molar-refractivity contribution in [3.63, 3.8) is 0 Å². The average molecular weight is 536 g/mol. The van der Waals surface area contributed by atoms with E-state index in [2.05, 4.69) is 45.1 Å². The third-order valence-corrected chi connectivity index (χ3v) is 6.30. The minimum absolute atomic E-state index is 0.0414. The number of carbonyl (C=O) groups excluding carboxylic acids is 1. The first-order valence-electron chi connectivity index (χ1n) is 11.1. The Hall–Kier alpha value is -2.47. The topological polar surface area (TPSA) is 63.8 Å². The molecule has 1 amide bonds. The molecule has 0 saturated heterocycles. The molecule has 3 aromatic rings. The van der Waals surface area contributed by atoms with E-state index >= 15 is 0 Å². The van der Waals surface area contributed by atoms with E-state index in [0.717, 1.165) is 6.42 Å². The maximum atomic E-state index is 12.1. The van der Waals surface area contributed by atoms with Gasteiger partial charge in [0, 0.05) is 5.56 Å². The van der Waals surface area contributed by atoms with E-state index in [1.54, 1.807) is 24.3 Å². The van der Waals surface area contributed by atoms with Crippen molar-refractivity contribution in [2.24, 2.45) is 10.5 Å². The molecule has 0 aliphatic carbocycles. The monoisotopic (exact) mass is 534 g/mol. The van der Waals surface area contributed by atoms with E-state index in [1.165, 1.54) is 11.8 Å². The second-order valence-corrected chi connectivity index (χ2v) is 11.4. The van der Waals surface area contributed by atoms with Gasteiger partial charge in [-0.3, -0.25) is 4.79 Å². The summed E-state index contributed by atoms with van der Waals surface area (Å²) in [4.78, 5) is 12.1. The predicted octanol–water partition coefficient (Wildman–Crippen LogP) is 8.15. The van der Waals surface area contributed by atoms with Crippen molar-refractivity contribution in [2.75, 3.05) is 6.61 Å². The number of hydrogen-bond donors (Lipinski definition) is 1. The Morgan fingerprint density at radius 2 is 1.63 bits per heavy atom. The summed E-state index contributed by atoms with van der Waals surface area (Å²) in [6.45, 7) is 11.0. The van der Waals surface area contributed by atoms with E-state index in [1.807, 2.05) is 24.3 Å². The van der Waals surface area contributed by atoms with Crippen LogP contribution in [0.1, 0.15) is 52.4 Å². The molecule has 1 aromatic heterocycles. The SMILES string of the molecule is CC(C)(C)CC(C)(C)c1ccc(OCC(=O)NN=Cc2ccc(-c3cc(Cl)c(Cl)cc3Cl)o2)cc1. The van der Waals surface area contributed by atoms with Crippen LogP contribution in [-0.2, 0) is 10.2 Å². The van der Waals surface area contributed by atoms with Gasteiger partial charge in [-0.1, -0.05) is 81.6 Å². The summed E-state index contributed by atoms with van der Waals surface area (Å²) >= 11 is 18.3. The maximum absolute atomic E-state index is 12.1. The Morgan fingerprint density at radius 1 is 0.971 bits per heavy atom. The zero-order chi connectivity index (χ0) is 25.8. The third-order valence-electron chi connectivity index (χ3n) is 5.26. The summed E-state index contributed by atoms with van der Waals surface area (Å²) < 4.78 is 11.3. The van der Waals surface area contributed by atoms with E-state index in [0.29, 0.717) is 37.9 Å². The van der Waals surface area contributed by atoms with Gasteiger partial charge in [-0.05, 0) is 59.2 Å². The van der Waals surface area contributed by atoms with Crippen molar-refractivity contribution in [1.29, 1.82) is 0 Å². The van der Waals surface area contributed by atoms with Gasteiger partial charge in [-0.15, -0.1) is 0 Å². The first-order chi connectivity index (χ1) is 16.3. The van der Waals surface area contributed by atoms with Gasteiger partial charge in [-0.2, -0.15) is 5.10 Å². The molecular weight excluding hydrogens is 507 g/mol. The summed E-state index contributed by atoms with van der Waals surface area (Å²) in [5.74, 6) is 1.15. The van der Waals surface area contributed by atoms with Crippen LogP contribution in [0.25, 0.3) is 11.3 Å². The summed E-state index contributed by atoms with van der Waals surface area (Å²) in [5, 5.41) is 5.06. The molecule has 2 aromatic carbocycles. The fourth-order valence-electron chi connectivity index (χ4n) is 4.06. The normalized spacial score (nSPS) is 12.2. The Kier molecular flexibility index (Phi) is 8.58. The lowest BCUT2D eigenvalue weighted by Gasteiger charge is -2.33. The van der Waals surface area contributed by atoms with E-state index in [9.17, 15) is 4.79 Å². The number of hydrazone groups is 1. The molecule has 0 unspecified atom stereocenters. The van der Waals surface area contributed by atoms with E-state index in [-0.39, 0.29) is 17.4 Å². The molecule has 0 spiro atoms. The Balaban J connectivity index is 1.51. The highest BCUT2D eigenvalue weighted by Crippen LogP contribution is 2.37. The zero-order valence-electron chi connectivity index (χ0n) is 20.4. The van der Waals surface area contributed by atoms with Gasteiger partial charge in [0.1, 0.15) is 17.3 Å².